The maximum absolute atomic E-state index is 12.7. The number of carbonyl (C=O) groups excluding carboxylic acids is 1. The molecule has 1 saturated heterocycles. The van der Waals surface area contributed by atoms with Gasteiger partial charge < -0.3 is 9.64 Å². The Morgan fingerprint density at radius 3 is 2.48 bits per heavy atom. The average molecular weight is 388 g/mol. The van der Waals surface area contributed by atoms with Crippen LogP contribution in [0.4, 0.5) is 5.69 Å². The van der Waals surface area contributed by atoms with Crippen LogP contribution in [0.3, 0.4) is 0 Å². The Kier molecular flexibility index (Phi) is 5.70. The number of hydrogen-bond donors (Lipinski definition) is 0. The van der Waals surface area contributed by atoms with Crippen molar-refractivity contribution in [2.75, 3.05) is 30.3 Å². The predicted octanol–water partition coefficient (Wildman–Crippen LogP) is 2.90. The molecular formula is C20H24N2O4S. The van der Waals surface area contributed by atoms with E-state index in [1.165, 1.54) is 4.31 Å². The monoisotopic (exact) mass is 388 g/mol. The van der Waals surface area contributed by atoms with Crippen molar-refractivity contribution in [3.63, 3.8) is 0 Å². The third-order valence-electron chi connectivity index (χ3n) is 4.53. The maximum atomic E-state index is 12.7. The number of nitrogens with zero attached hydrogens (tertiary/aromatic N) is 2. The molecule has 0 spiro atoms. The molecule has 0 aromatic heterocycles. The van der Waals surface area contributed by atoms with Gasteiger partial charge in [0.25, 0.3) is 5.91 Å². The first-order valence-corrected chi connectivity index (χ1v) is 10.6. The molecule has 1 fully saturated rings. The molecule has 0 saturated carbocycles. The minimum absolute atomic E-state index is 0.128. The number of para-hydroxylation sites is 1. The highest BCUT2D eigenvalue weighted by Crippen LogP contribution is 2.25. The number of benzene rings is 2. The maximum Gasteiger partial charge on any atom is 0.253 e. The zero-order chi connectivity index (χ0) is 19.4. The molecule has 7 heteroatoms. The summed E-state index contributed by atoms with van der Waals surface area (Å²) in [5, 5.41) is 0. The second kappa shape index (κ2) is 8.00. The molecule has 0 aliphatic carbocycles. The summed E-state index contributed by atoms with van der Waals surface area (Å²) >= 11 is 0. The van der Waals surface area contributed by atoms with Gasteiger partial charge in [0, 0.05) is 31.3 Å². The summed E-state index contributed by atoms with van der Waals surface area (Å²) in [5.41, 5.74) is 2.06. The summed E-state index contributed by atoms with van der Waals surface area (Å²) in [6.45, 7) is 3.41. The van der Waals surface area contributed by atoms with E-state index in [1.807, 2.05) is 31.2 Å². The first-order valence-electron chi connectivity index (χ1n) is 8.99. The van der Waals surface area contributed by atoms with Crippen LogP contribution in [0.1, 0.15) is 29.3 Å². The van der Waals surface area contributed by atoms with E-state index < -0.39 is 10.0 Å². The molecule has 0 bridgehead atoms. The largest absolute Gasteiger partial charge is 0.494 e. The zero-order valence-corrected chi connectivity index (χ0v) is 16.4. The van der Waals surface area contributed by atoms with E-state index in [-0.39, 0.29) is 11.7 Å². The van der Waals surface area contributed by atoms with Crippen molar-refractivity contribution in [1.29, 1.82) is 0 Å². The van der Waals surface area contributed by atoms with Crippen LogP contribution in [0.25, 0.3) is 0 Å². The molecule has 1 heterocycles. The first-order chi connectivity index (χ1) is 12.9. The molecule has 144 valence electrons. The zero-order valence-electron chi connectivity index (χ0n) is 15.6. The number of hydrogen-bond acceptors (Lipinski definition) is 4. The summed E-state index contributed by atoms with van der Waals surface area (Å²) in [6, 6.07) is 14.4. The number of rotatable bonds is 6. The minimum Gasteiger partial charge on any atom is -0.494 e. The summed E-state index contributed by atoms with van der Waals surface area (Å²) in [7, 11) is -1.48. The standard InChI is InChI=1S/C20H24N2O4S/c1-3-26-19-8-5-4-7-17(19)15-21(2)20(23)16-9-11-18(12-10-16)22-13-6-14-27(22,24)25/h4-5,7-12H,3,6,13-15H2,1-2H3. The lowest BCUT2D eigenvalue weighted by molar-refractivity contribution is 0.0784. The van der Waals surface area contributed by atoms with E-state index in [9.17, 15) is 13.2 Å². The van der Waals surface area contributed by atoms with Gasteiger partial charge in [-0.3, -0.25) is 9.10 Å². The Labute approximate surface area is 160 Å². The average Bonchev–Trinajstić information content (AvgIpc) is 3.02. The van der Waals surface area contributed by atoms with Gasteiger partial charge in [-0.1, -0.05) is 18.2 Å². The molecule has 6 nitrogen and oxygen atoms in total. The van der Waals surface area contributed by atoms with Gasteiger partial charge in [-0.25, -0.2) is 8.42 Å². The van der Waals surface area contributed by atoms with Crippen molar-refractivity contribution in [3.05, 3.63) is 59.7 Å². The molecule has 2 aromatic carbocycles. The highest BCUT2D eigenvalue weighted by atomic mass is 32.2. The third-order valence-corrected chi connectivity index (χ3v) is 6.40. The molecular weight excluding hydrogens is 364 g/mol. The molecule has 0 N–H and O–H groups in total. The second-order valence-electron chi connectivity index (χ2n) is 6.49. The molecule has 0 radical (unpaired) electrons. The number of amides is 1. The number of sulfonamides is 1. The number of carbonyl (C=O) groups is 1. The summed E-state index contributed by atoms with van der Waals surface area (Å²) in [4.78, 5) is 14.4. The quantitative estimate of drug-likeness (QED) is 0.763. The Morgan fingerprint density at radius 1 is 1.15 bits per heavy atom. The van der Waals surface area contributed by atoms with Gasteiger partial charge in [0.2, 0.25) is 10.0 Å². The molecule has 0 unspecified atom stereocenters. The van der Waals surface area contributed by atoms with Crippen LogP contribution in [0.2, 0.25) is 0 Å². The van der Waals surface area contributed by atoms with Crippen molar-refractivity contribution in [3.8, 4) is 5.75 Å². The van der Waals surface area contributed by atoms with Crippen LogP contribution in [-0.2, 0) is 16.6 Å². The Balaban J connectivity index is 1.72. The van der Waals surface area contributed by atoms with Gasteiger partial charge in [0.05, 0.1) is 18.0 Å². The highest BCUT2D eigenvalue weighted by molar-refractivity contribution is 7.93. The smallest absolute Gasteiger partial charge is 0.253 e. The lowest BCUT2D eigenvalue weighted by Crippen LogP contribution is -2.27. The van der Waals surface area contributed by atoms with Gasteiger partial charge in [0.1, 0.15) is 5.75 Å². The number of anilines is 1. The lowest BCUT2D eigenvalue weighted by atomic mass is 10.1. The van der Waals surface area contributed by atoms with Crippen LogP contribution in [0.15, 0.2) is 48.5 Å². The predicted molar refractivity (Wildman–Crippen MR) is 106 cm³/mol. The van der Waals surface area contributed by atoms with Gasteiger partial charge in [-0.15, -0.1) is 0 Å². The van der Waals surface area contributed by atoms with E-state index in [0.29, 0.717) is 37.4 Å². The summed E-state index contributed by atoms with van der Waals surface area (Å²) in [5.74, 6) is 0.821. The lowest BCUT2D eigenvalue weighted by Gasteiger charge is -2.20. The van der Waals surface area contributed by atoms with E-state index >= 15 is 0 Å². The SMILES string of the molecule is CCOc1ccccc1CN(C)C(=O)c1ccc(N2CCCS2(=O)=O)cc1. The van der Waals surface area contributed by atoms with Crippen LogP contribution >= 0.6 is 0 Å². The fraction of sp³-hybridized carbons (Fsp3) is 0.350. The fourth-order valence-electron chi connectivity index (χ4n) is 3.18. The van der Waals surface area contributed by atoms with Gasteiger partial charge in [-0.05, 0) is 43.7 Å². The van der Waals surface area contributed by atoms with E-state index in [0.717, 1.165) is 11.3 Å². The summed E-state index contributed by atoms with van der Waals surface area (Å²) in [6.07, 6.45) is 0.630. The van der Waals surface area contributed by atoms with E-state index in [4.69, 9.17) is 4.74 Å². The van der Waals surface area contributed by atoms with Gasteiger partial charge >= 0.3 is 0 Å². The molecule has 0 atom stereocenters. The second-order valence-corrected chi connectivity index (χ2v) is 8.50. The minimum atomic E-state index is -3.22. The Bertz CT molecular complexity index is 910. The fourth-order valence-corrected chi connectivity index (χ4v) is 4.74. The van der Waals surface area contributed by atoms with Crippen molar-refractivity contribution < 1.29 is 17.9 Å². The molecule has 1 amide bonds. The third kappa shape index (κ3) is 4.24. The molecule has 27 heavy (non-hydrogen) atoms. The van der Waals surface area contributed by atoms with Crippen molar-refractivity contribution in [1.82, 2.24) is 4.90 Å². The molecule has 3 rings (SSSR count). The van der Waals surface area contributed by atoms with E-state index in [1.54, 1.807) is 36.2 Å². The first kappa shape index (κ1) is 19.2. The van der Waals surface area contributed by atoms with Gasteiger partial charge in [-0.2, -0.15) is 0 Å². The topological polar surface area (TPSA) is 66.9 Å². The Hall–Kier alpha value is -2.54. The van der Waals surface area contributed by atoms with Gasteiger partial charge in [0.15, 0.2) is 0 Å². The van der Waals surface area contributed by atoms with E-state index in [2.05, 4.69) is 0 Å². The summed E-state index contributed by atoms with van der Waals surface area (Å²) < 4.78 is 31.1. The normalized spacial score (nSPS) is 15.6. The molecule has 1 aliphatic rings. The highest BCUT2D eigenvalue weighted by Gasteiger charge is 2.28. The van der Waals surface area contributed by atoms with Crippen LogP contribution in [0, 0.1) is 0 Å². The van der Waals surface area contributed by atoms with Crippen LogP contribution in [-0.4, -0.2) is 45.2 Å². The van der Waals surface area contributed by atoms with Crippen LogP contribution < -0.4 is 9.04 Å². The molecule has 2 aromatic rings. The van der Waals surface area contributed by atoms with Crippen molar-refractivity contribution in [2.24, 2.45) is 0 Å². The van der Waals surface area contributed by atoms with Crippen molar-refractivity contribution in [2.45, 2.75) is 19.9 Å². The number of ether oxygens (including phenoxy) is 1. The Morgan fingerprint density at radius 2 is 1.85 bits per heavy atom. The van der Waals surface area contributed by atoms with Crippen LogP contribution in [0.5, 0.6) is 5.75 Å². The van der Waals surface area contributed by atoms with Crippen molar-refractivity contribution >= 4 is 21.6 Å². The molecule has 1 aliphatic heterocycles.